The molecule has 0 radical (unpaired) electrons. The van der Waals surface area contributed by atoms with Gasteiger partial charge in [0.05, 0.1) is 11.9 Å². The quantitative estimate of drug-likeness (QED) is 0.760. The number of aromatic nitrogens is 1. The molecule has 0 spiro atoms. The lowest BCUT2D eigenvalue weighted by atomic mass is 9.91. The van der Waals surface area contributed by atoms with Gasteiger partial charge < -0.3 is 15.0 Å². The Bertz CT molecular complexity index is 780. The van der Waals surface area contributed by atoms with Crippen molar-refractivity contribution in [2.45, 2.75) is 32.1 Å². The lowest BCUT2D eigenvalue weighted by Gasteiger charge is -2.34. The second kappa shape index (κ2) is 9.35. The van der Waals surface area contributed by atoms with Crippen LogP contribution >= 0.6 is 0 Å². The lowest BCUT2D eigenvalue weighted by molar-refractivity contribution is -0.148. The number of hydrogen-bond acceptors (Lipinski definition) is 5. The molecule has 0 bridgehead atoms. The number of benzene rings is 1. The van der Waals surface area contributed by atoms with Crippen molar-refractivity contribution in [3.63, 3.8) is 0 Å². The highest BCUT2D eigenvalue weighted by molar-refractivity contribution is 5.93. The van der Waals surface area contributed by atoms with Gasteiger partial charge >= 0.3 is 5.97 Å². The maximum Gasteiger partial charge on any atom is 0.306 e. The minimum Gasteiger partial charge on any atom is -0.456 e. The molecule has 1 fully saturated rings. The number of fused-ring (bicyclic) bond motifs is 1. The number of anilines is 1. The summed E-state index contributed by atoms with van der Waals surface area (Å²) < 4.78 is 4.93. The fraction of sp³-hybridized carbons (Fsp3) is 0.476. The summed E-state index contributed by atoms with van der Waals surface area (Å²) in [6.07, 6.45) is 8.33. The second-order valence-electron chi connectivity index (χ2n) is 7.04. The molecule has 1 aromatic carbocycles. The van der Waals surface area contributed by atoms with Crippen molar-refractivity contribution in [3.05, 3.63) is 36.7 Å². The van der Waals surface area contributed by atoms with E-state index in [9.17, 15) is 9.59 Å². The molecule has 1 saturated heterocycles. The normalized spacial score (nSPS) is 14.9. The number of likely N-dealkylation sites (N-methyl/N-ethyl adjacent to an activating group) is 1. The van der Waals surface area contributed by atoms with Gasteiger partial charge in [-0.25, -0.2) is 0 Å². The van der Waals surface area contributed by atoms with Crippen LogP contribution in [0.1, 0.15) is 32.1 Å². The zero-order valence-corrected chi connectivity index (χ0v) is 15.8. The molecular formula is C21H27N3O3. The van der Waals surface area contributed by atoms with Crippen LogP contribution in [0.5, 0.6) is 0 Å². The Morgan fingerprint density at radius 2 is 2.00 bits per heavy atom. The molecule has 0 atom stereocenters. The minimum atomic E-state index is -0.294. The lowest BCUT2D eigenvalue weighted by Crippen LogP contribution is -2.33. The van der Waals surface area contributed by atoms with Gasteiger partial charge in [-0.1, -0.05) is 24.3 Å². The smallest absolute Gasteiger partial charge is 0.306 e. The number of ether oxygens (including phenoxy) is 1. The van der Waals surface area contributed by atoms with Crippen LogP contribution in [0.2, 0.25) is 0 Å². The van der Waals surface area contributed by atoms with Crippen LogP contribution in [0.25, 0.3) is 10.8 Å². The Kier molecular flexibility index (Phi) is 6.63. The van der Waals surface area contributed by atoms with Crippen LogP contribution < -0.4 is 10.2 Å². The Balaban J connectivity index is 1.43. The molecule has 1 amide bonds. The van der Waals surface area contributed by atoms with Gasteiger partial charge in [0.1, 0.15) is 0 Å². The van der Waals surface area contributed by atoms with E-state index in [0.29, 0.717) is 12.3 Å². The van der Waals surface area contributed by atoms with E-state index in [4.69, 9.17) is 4.74 Å². The van der Waals surface area contributed by atoms with Crippen LogP contribution in [0.15, 0.2) is 36.7 Å². The predicted molar refractivity (Wildman–Crippen MR) is 106 cm³/mol. The summed E-state index contributed by atoms with van der Waals surface area (Å²) in [7, 11) is 1.52. The number of pyridine rings is 1. The van der Waals surface area contributed by atoms with E-state index in [1.807, 2.05) is 18.5 Å². The number of carbonyl (C=O) groups excluding carboxylic acids is 2. The van der Waals surface area contributed by atoms with Crippen LogP contribution in [-0.4, -0.2) is 43.6 Å². The molecular weight excluding hydrogens is 342 g/mol. The molecule has 144 valence electrons. The minimum absolute atomic E-state index is 0.188. The molecule has 2 aromatic rings. The van der Waals surface area contributed by atoms with E-state index < -0.39 is 0 Å². The van der Waals surface area contributed by atoms with Gasteiger partial charge in [0.2, 0.25) is 0 Å². The molecule has 27 heavy (non-hydrogen) atoms. The number of rotatable bonds is 7. The Morgan fingerprint density at radius 1 is 1.22 bits per heavy atom. The summed E-state index contributed by atoms with van der Waals surface area (Å²) in [6.45, 7) is 1.84. The first-order chi connectivity index (χ1) is 13.2. The van der Waals surface area contributed by atoms with Crippen molar-refractivity contribution in [3.8, 4) is 0 Å². The molecule has 1 aromatic heterocycles. The summed E-state index contributed by atoms with van der Waals surface area (Å²) in [4.78, 5) is 29.5. The van der Waals surface area contributed by atoms with Crippen LogP contribution in [0, 0.1) is 5.92 Å². The molecule has 1 N–H and O–H groups in total. The number of nitrogens with zero attached hydrogens (tertiary/aromatic N) is 2. The fourth-order valence-electron chi connectivity index (χ4n) is 3.64. The number of amides is 1. The van der Waals surface area contributed by atoms with E-state index in [2.05, 4.69) is 33.4 Å². The third-order valence-corrected chi connectivity index (χ3v) is 5.24. The Labute approximate surface area is 159 Å². The van der Waals surface area contributed by atoms with Crippen molar-refractivity contribution < 1.29 is 14.3 Å². The van der Waals surface area contributed by atoms with Gasteiger partial charge in [-0.2, -0.15) is 0 Å². The standard InChI is InChI=1S/C21H27N3O3/c1-22-20(25)15-27-21(26)8-4-5-16-9-11-24(12-10-16)19-14-23-13-17-6-2-3-7-18(17)19/h2-3,6-7,13-14,16H,4-5,8-12,15H2,1H3,(H,22,25). The van der Waals surface area contributed by atoms with Crippen LogP contribution in [0.3, 0.4) is 0 Å². The van der Waals surface area contributed by atoms with Crippen molar-refractivity contribution in [1.29, 1.82) is 0 Å². The van der Waals surface area contributed by atoms with Crippen LogP contribution in [-0.2, 0) is 14.3 Å². The third-order valence-electron chi connectivity index (χ3n) is 5.24. The molecule has 6 nitrogen and oxygen atoms in total. The van der Waals surface area contributed by atoms with Gasteiger partial charge in [-0.3, -0.25) is 14.6 Å². The average molecular weight is 369 g/mol. The topological polar surface area (TPSA) is 71.5 Å². The maximum atomic E-state index is 11.6. The summed E-state index contributed by atoms with van der Waals surface area (Å²) in [5.74, 6) is 0.0624. The van der Waals surface area contributed by atoms with Crippen molar-refractivity contribution >= 4 is 28.3 Å². The number of piperidine rings is 1. The zero-order valence-electron chi connectivity index (χ0n) is 15.8. The van der Waals surface area contributed by atoms with Crippen molar-refractivity contribution in [2.75, 3.05) is 31.6 Å². The van der Waals surface area contributed by atoms with Gasteiger partial charge in [-0.05, 0) is 31.6 Å². The van der Waals surface area contributed by atoms with Gasteiger partial charge in [0.15, 0.2) is 6.61 Å². The largest absolute Gasteiger partial charge is 0.456 e. The number of esters is 1. The van der Waals surface area contributed by atoms with E-state index in [1.165, 1.54) is 23.5 Å². The van der Waals surface area contributed by atoms with E-state index in [1.54, 1.807) is 0 Å². The number of carbonyl (C=O) groups is 2. The van der Waals surface area contributed by atoms with Gasteiger partial charge in [-0.15, -0.1) is 0 Å². The van der Waals surface area contributed by atoms with Gasteiger partial charge in [0.25, 0.3) is 5.91 Å². The SMILES string of the molecule is CNC(=O)COC(=O)CCCC1CCN(c2cncc3ccccc23)CC1. The fourth-order valence-corrected chi connectivity index (χ4v) is 3.64. The van der Waals surface area contributed by atoms with E-state index >= 15 is 0 Å². The van der Waals surface area contributed by atoms with Crippen LogP contribution in [0.4, 0.5) is 5.69 Å². The van der Waals surface area contributed by atoms with Gasteiger partial charge in [0, 0.05) is 43.5 Å². The van der Waals surface area contributed by atoms with E-state index in [0.717, 1.165) is 38.8 Å². The molecule has 3 rings (SSSR count). The Morgan fingerprint density at radius 3 is 2.78 bits per heavy atom. The number of hydrogen-bond donors (Lipinski definition) is 1. The first-order valence-corrected chi connectivity index (χ1v) is 9.61. The summed E-state index contributed by atoms with van der Waals surface area (Å²) >= 11 is 0. The third kappa shape index (κ3) is 5.18. The highest BCUT2D eigenvalue weighted by Gasteiger charge is 2.21. The molecule has 1 aliphatic rings. The first-order valence-electron chi connectivity index (χ1n) is 9.61. The summed E-state index contributed by atoms with van der Waals surface area (Å²) in [6, 6.07) is 8.37. The monoisotopic (exact) mass is 369 g/mol. The molecule has 2 heterocycles. The first kappa shape index (κ1) is 19.1. The summed E-state index contributed by atoms with van der Waals surface area (Å²) in [5, 5.41) is 4.86. The predicted octanol–water partition coefficient (Wildman–Crippen LogP) is 2.91. The highest BCUT2D eigenvalue weighted by Crippen LogP contribution is 2.30. The maximum absolute atomic E-state index is 11.6. The number of nitrogens with one attached hydrogen (secondary N) is 1. The van der Waals surface area contributed by atoms with E-state index in [-0.39, 0.29) is 18.5 Å². The molecule has 0 unspecified atom stereocenters. The average Bonchev–Trinajstić information content (AvgIpc) is 2.72. The molecule has 0 saturated carbocycles. The molecule has 0 aliphatic carbocycles. The molecule has 6 heteroatoms. The van der Waals surface area contributed by atoms with Crippen molar-refractivity contribution in [2.24, 2.45) is 5.92 Å². The zero-order chi connectivity index (χ0) is 19.1. The highest BCUT2D eigenvalue weighted by atomic mass is 16.5. The molecule has 1 aliphatic heterocycles. The Hall–Kier alpha value is -2.63. The second-order valence-corrected chi connectivity index (χ2v) is 7.04. The van der Waals surface area contributed by atoms with Crippen molar-refractivity contribution in [1.82, 2.24) is 10.3 Å². The summed E-state index contributed by atoms with van der Waals surface area (Å²) in [5.41, 5.74) is 1.21.